The molecule has 6 nitrogen and oxygen atoms in total. The average Bonchev–Trinajstić information content (AvgIpc) is 3.10. The first kappa shape index (κ1) is 16.7. The lowest BCUT2D eigenvalue weighted by Crippen LogP contribution is -2.08. The molecule has 0 fully saturated rings. The lowest BCUT2D eigenvalue weighted by atomic mass is 10.1. The Morgan fingerprint density at radius 1 is 1.16 bits per heavy atom. The molecule has 126 valence electrons. The van der Waals surface area contributed by atoms with Gasteiger partial charge < -0.3 is 10.1 Å². The van der Waals surface area contributed by atoms with Gasteiger partial charge in [0.05, 0.1) is 12.0 Å². The lowest BCUT2D eigenvalue weighted by Gasteiger charge is -2.10. The van der Waals surface area contributed by atoms with E-state index in [2.05, 4.69) is 5.32 Å². The van der Waals surface area contributed by atoms with Crippen LogP contribution in [0.2, 0.25) is 0 Å². The smallest absolute Gasteiger partial charge is 0.324 e. The summed E-state index contributed by atoms with van der Waals surface area (Å²) in [5.74, 6) is 0.418. The number of benzene rings is 2. The van der Waals surface area contributed by atoms with Crippen LogP contribution in [0.25, 0.3) is 16.8 Å². The highest BCUT2D eigenvalue weighted by atomic mass is 32.1. The number of carbonyl (C=O) groups is 1. The van der Waals surface area contributed by atoms with E-state index in [1.54, 1.807) is 31.4 Å². The standard InChI is InChI=1S/C18H14N2O4S/c1-24-16-9-8-15(13-4-2-3-5-14(13)16)19-17(21)10-6-12-7-11-18(25-12)20(22)23/h2-11H,1H3,(H,19,21). The largest absolute Gasteiger partial charge is 0.496 e. The fourth-order valence-corrected chi connectivity index (χ4v) is 3.14. The van der Waals surface area contributed by atoms with Crippen molar-refractivity contribution in [1.29, 1.82) is 0 Å². The highest BCUT2D eigenvalue weighted by Gasteiger charge is 2.09. The first-order valence-electron chi connectivity index (χ1n) is 7.37. The molecule has 0 saturated carbocycles. The van der Waals surface area contributed by atoms with Crippen LogP contribution >= 0.6 is 11.3 Å². The van der Waals surface area contributed by atoms with Crippen molar-refractivity contribution in [2.45, 2.75) is 0 Å². The van der Waals surface area contributed by atoms with E-state index in [1.165, 1.54) is 12.1 Å². The molecule has 0 saturated heterocycles. The van der Waals surface area contributed by atoms with E-state index < -0.39 is 4.92 Å². The summed E-state index contributed by atoms with van der Waals surface area (Å²) in [5.41, 5.74) is 0.670. The lowest BCUT2D eigenvalue weighted by molar-refractivity contribution is -0.380. The van der Waals surface area contributed by atoms with Crippen LogP contribution in [0, 0.1) is 10.1 Å². The number of thiophene rings is 1. The highest BCUT2D eigenvalue weighted by Crippen LogP contribution is 2.31. The molecule has 1 aromatic heterocycles. The number of hydrogen-bond acceptors (Lipinski definition) is 5. The number of amides is 1. The van der Waals surface area contributed by atoms with Gasteiger partial charge in [0.15, 0.2) is 0 Å². The Morgan fingerprint density at radius 2 is 1.92 bits per heavy atom. The van der Waals surface area contributed by atoms with Gasteiger partial charge in [0, 0.05) is 33.5 Å². The predicted molar refractivity (Wildman–Crippen MR) is 99.1 cm³/mol. The molecule has 1 heterocycles. The number of carbonyl (C=O) groups excluding carboxylic acids is 1. The molecule has 0 atom stereocenters. The van der Waals surface area contributed by atoms with Crippen LogP contribution < -0.4 is 10.1 Å². The van der Waals surface area contributed by atoms with Crippen LogP contribution in [-0.4, -0.2) is 17.9 Å². The normalized spacial score (nSPS) is 10.9. The Bertz CT molecular complexity index is 978. The molecule has 0 bridgehead atoms. The number of ether oxygens (including phenoxy) is 1. The second-order valence-corrected chi connectivity index (χ2v) is 6.21. The number of anilines is 1. The van der Waals surface area contributed by atoms with Crippen molar-refractivity contribution in [2.24, 2.45) is 0 Å². The van der Waals surface area contributed by atoms with Crippen molar-refractivity contribution in [2.75, 3.05) is 12.4 Å². The van der Waals surface area contributed by atoms with E-state index in [0.717, 1.165) is 27.9 Å². The molecule has 0 aliphatic carbocycles. The second-order valence-electron chi connectivity index (χ2n) is 5.12. The molecule has 3 aromatic rings. The fraction of sp³-hybridized carbons (Fsp3) is 0.0556. The van der Waals surface area contributed by atoms with Gasteiger partial charge in [-0.15, -0.1) is 0 Å². The summed E-state index contributed by atoms with van der Waals surface area (Å²) in [6, 6.07) is 14.2. The van der Waals surface area contributed by atoms with Crippen molar-refractivity contribution in [3.05, 3.63) is 69.6 Å². The summed E-state index contributed by atoms with van der Waals surface area (Å²) in [7, 11) is 1.60. The van der Waals surface area contributed by atoms with E-state index >= 15 is 0 Å². The molecular weight excluding hydrogens is 340 g/mol. The third kappa shape index (κ3) is 3.67. The first-order valence-corrected chi connectivity index (χ1v) is 8.19. The zero-order chi connectivity index (χ0) is 17.8. The molecule has 1 N–H and O–H groups in total. The van der Waals surface area contributed by atoms with Crippen molar-refractivity contribution >= 4 is 44.8 Å². The minimum atomic E-state index is -0.453. The van der Waals surface area contributed by atoms with Gasteiger partial charge in [0.25, 0.3) is 0 Å². The maximum atomic E-state index is 12.2. The molecule has 0 unspecified atom stereocenters. The van der Waals surface area contributed by atoms with Crippen LogP contribution in [-0.2, 0) is 4.79 Å². The van der Waals surface area contributed by atoms with Crippen LogP contribution in [0.4, 0.5) is 10.7 Å². The number of methoxy groups -OCH3 is 1. The Morgan fingerprint density at radius 3 is 2.60 bits per heavy atom. The van der Waals surface area contributed by atoms with Gasteiger partial charge in [-0.25, -0.2) is 0 Å². The van der Waals surface area contributed by atoms with E-state index in [9.17, 15) is 14.9 Å². The van der Waals surface area contributed by atoms with E-state index in [-0.39, 0.29) is 10.9 Å². The Hall–Kier alpha value is -3.19. The Balaban J connectivity index is 1.80. The molecule has 0 aliphatic heterocycles. The summed E-state index contributed by atoms with van der Waals surface area (Å²) in [4.78, 5) is 23.0. The molecule has 0 radical (unpaired) electrons. The number of nitro groups is 1. The molecule has 0 aliphatic rings. The Labute approximate surface area is 147 Å². The third-order valence-corrected chi connectivity index (χ3v) is 4.56. The zero-order valence-electron chi connectivity index (χ0n) is 13.3. The quantitative estimate of drug-likeness (QED) is 0.416. The number of nitrogens with zero attached hydrogens (tertiary/aromatic N) is 1. The van der Waals surface area contributed by atoms with Crippen molar-refractivity contribution in [3.63, 3.8) is 0 Å². The molecule has 1 amide bonds. The third-order valence-electron chi connectivity index (χ3n) is 3.55. The van der Waals surface area contributed by atoms with E-state index in [1.807, 2.05) is 24.3 Å². The molecule has 25 heavy (non-hydrogen) atoms. The summed E-state index contributed by atoms with van der Waals surface area (Å²) in [5, 5.41) is 15.3. The van der Waals surface area contributed by atoms with Gasteiger partial charge in [0.2, 0.25) is 5.91 Å². The topological polar surface area (TPSA) is 81.5 Å². The number of fused-ring (bicyclic) bond motifs is 1. The van der Waals surface area contributed by atoms with Crippen LogP contribution in [0.5, 0.6) is 5.75 Å². The van der Waals surface area contributed by atoms with Gasteiger partial charge in [-0.3, -0.25) is 14.9 Å². The van der Waals surface area contributed by atoms with Crippen molar-refractivity contribution in [1.82, 2.24) is 0 Å². The number of nitrogens with one attached hydrogen (secondary N) is 1. The second kappa shape index (κ2) is 7.14. The van der Waals surface area contributed by atoms with E-state index in [0.29, 0.717) is 10.6 Å². The van der Waals surface area contributed by atoms with Gasteiger partial charge >= 0.3 is 5.00 Å². The summed E-state index contributed by atoms with van der Waals surface area (Å²) in [6.07, 6.45) is 2.91. The SMILES string of the molecule is COc1ccc(NC(=O)C=Cc2ccc([N+](=O)[O-])s2)c2ccccc12. The Kier molecular flexibility index (Phi) is 4.76. The van der Waals surface area contributed by atoms with E-state index in [4.69, 9.17) is 4.74 Å². The van der Waals surface area contributed by atoms with Gasteiger partial charge in [-0.1, -0.05) is 35.6 Å². The van der Waals surface area contributed by atoms with Crippen LogP contribution in [0.1, 0.15) is 4.88 Å². The van der Waals surface area contributed by atoms with Crippen molar-refractivity contribution < 1.29 is 14.5 Å². The summed E-state index contributed by atoms with van der Waals surface area (Å²) >= 11 is 1.01. The predicted octanol–water partition coefficient (Wildman–Crippen LogP) is 4.47. The molecular formula is C18H14N2O4S. The minimum absolute atomic E-state index is 0.0428. The summed E-state index contributed by atoms with van der Waals surface area (Å²) in [6.45, 7) is 0. The minimum Gasteiger partial charge on any atom is -0.496 e. The van der Waals surface area contributed by atoms with Crippen LogP contribution in [0.3, 0.4) is 0 Å². The monoisotopic (exact) mass is 354 g/mol. The van der Waals surface area contributed by atoms with Gasteiger partial charge in [-0.2, -0.15) is 0 Å². The van der Waals surface area contributed by atoms with Crippen LogP contribution in [0.15, 0.2) is 54.6 Å². The zero-order valence-corrected chi connectivity index (χ0v) is 14.1. The molecule has 2 aromatic carbocycles. The molecule has 0 spiro atoms. The molecule has 7 heteroatoms. The number of hydrogen-bond donors (Lipinski definition) is 1. The fourth-order valence-electron chi connectivity index (χ4n) is 2.42. The van der Waals surface area contributed by atoms with Gasteiger partial charge in [-0.05, 0) is 24.3 Å². The maximum Gasteiger partial charge on any atom is 0.324 e. The van der Waals surface area contributed by atoms with Crippen molar-refractivity contribution in [3.8, 4) is 5.75 Å². The summed E-state index contributed by atoms with van der Waals surface area (Å²) < 4.78 is 5.33. The molecule has 3 rings (SSSR count). The van der Waals surface area contributed by atoms with Gasteiger partial charge in [0.1, 0.15) is 5.75 Å². The maximum absolute atomic E-state index is 12.2. The highest BCUT2D eigenvalue weighted by molar-refractivity contribution is 7.16. The first-order chi connectivity index (χ1) is 12.1. The average molecular weight is 354 g/mol. The number of rotatable bonds is 5.